The number of fused-ring (bicyclic) bond motifs is 1. The molecule has 0 aliphatic heterocycles. The summed E-state index contributed by atoms with van der Waals surface area (Å²) in [6.45, 7) is 1.80. The van der Waals surface area contributed by atoms with Gasteiger partial charge in [-0.15, -0.1) is 25.6 Å². The number of alkyl halides is 3. The summed E-state index contributed by atoms with van der Waals surface area (Å²) < 4.78 is 40.8. The zero-order chi connectivity index (χ0) is 16.3. The first-order valence-electron chi connectivity index (χ1n) is 6.45. The Bertz CT molecular complexity index is 676. The summed E-state index contributed by atoms with van der Waals surface area (Å²) >= 11 is 1.08. The molecule has 128 valence electrons. The van der Waals surface area contributed by atoms with Crippen molar-refractivity contribution in [1.82, 2.24) is 4.98 Å². The molecule has 0 aliphatic rings. The summed E-state index contributed by atoms with van der Waals surface area (Å²) in [6, 6.07) is 3.74. The number of benzene rings is 1. The lowest BCUT2D eigenvalue weighted by molar-refractivity contribution is -0.274. The third-order valence-corrected chi connectivity index (χ3v) is 3.60. The molecule has 2 aromatic rings. The molecule has 1 amide bonds. The van der Waals surface area contributed by atoms with E-state index in [-0.39, 0.29) is 36.5 Å². The number of aromatic nitrogens is 1. The number of carbonyl (C=O) groups excluding carboxylic acids is 1. The van der Waals surface area contributed by atoms with Crippen molar-refractivity contribution < 1.29 is 22.7 Å². The lowest BCUT2D eigenvalue weighted by atomic mass is 10.2. The minimum absolute atomic E-state index is 0. The number of amides is 1. The predicted octanol–water partition coefficient (Wildman–Crippen LogP) is 3.68. The molecule has 2 rings (SSSR count). The molecular formula is C13H15ClF3N3O2S. The number of nitrogens with two attached hydrogens (primary N) is 1. The standard InChI is InChI=1S/C13H14F3N3O2S.ClH/c1-7(17)2-5-11(20)19-12-18-9-4-3-8(6-10(9)22-12)21-13(14,15)16;/h3-4,6-7H,2,5,17H2,1H3,(H,18,19,20);1H. The van der Waals surface area contributed by atoms with Gasteiger partial charge in [0, 0.05) is 18.5 Å². The normalized spacial score (nSPS) is 12.6. The fraction of sp³-hybridized carbons (Fsp3) is 0.385. The highest BCUT2D eigenvalue weighted by Crippen LogP contribution is 2.31. The van der Waals surface area contributed by atoms with Crippen LogP contribution in [0.3, 0.4) is 0 Å². The Balaban J connectivity index is 0.00000264. The maximum atomic E-state index is 12.2. The Morgan fingerprint density at radius 1 is 1.48 bits per heavy atom. The van der Waals surface area contributed by atoms with E-state index in [9.17, 15) is 18.0 Å². The van der Waals surface area contributed by atoms with E-state index in [0.717, 1.165) is 11.3 Å². The largest absolute Gasteiger partial charge is 0.573 e. The number of rotatable bonds is 5. The van der Waals surface area contributed by atoms with Crippen LogP contribution in [0.1, 0.15) is 19.8 Å². The summed E-state index contributed by atoms with van der Waals surface area (Å²) in [4.78, 5) is 15.8. The average molecular weight is 370 g/mol. The second kappa shape index (κ2) is 7.80. The van der Waals surface area contributed by atoms with Crippen molar-refractivity contribution >= 4 is 45.0 Å². The monoisotopic (exact) mass is 369 g/mol. The van der Waals surface area contributed by atoms with Crippen LogP contribution >= 0.6 is 23.7 Å². The average Bonchev–Trinajstić information content (AvgIpc) is 2.75. The van der Waals surface area contributed by atoms with Gasteiger partial charge in [-0.05, 0) is 25.5 Å². The van der Waals surface area contributed by atoms with Gasteiger partial charge in [-0.2, -0.15) is 0 Å². The van der Waals surface area contributed by atoms with E-state index >= 15 is 0 Å². The summed E-state index contributed by atoms with van der Waals surface area (Å²) in [6.07, 6.45) is -3.94. The summed E-state index contributed by atoms with van der Waals surface area (Å²) in [5.41, 5.74) is 6.05. The van der Waals surface area contributed by atoms with Crippen LogP contribution in [0.25, 0.3) is 10.2 Å². The quantitative estimate of drug-likeness (QED) is 0.842. The number of hydrogen-bond donors (Lipinski definition) is 2. The van der Waals surface area contributed by atoms with Crippen molar-refractivity contribution in [3.05, 3.63) is 18.2 Å². The number of nitrogens with zero attached hydrogens (tertiary/aromatic N) is 1. The van der Waals surface area contributed by atoms with Crippen LogP contribution in [0.2, 0.25) is 0 Å². The molecule has 1 aromatic carbocycles. The number of ether oxygens (including phenoxy) is 1. The fourth-order valence-corrected chi connectivity index (χ4v) is 2.61. The van der Waals surface area contributed by atoms with Crippen molar-refractivity contribution in [2.75, 3.05) is 5.32 Å². The van der Waals surface area contributed by atoms with E-state index in [0.29, 0.717) is 21.8 Å². The van der Waals surface area contributed by atoms with Crippen molar-refractivity contribution in [1.29, 1.82) is 0 Å². The maximum absolute atomic E-state index is 12.2. The molecule has 3 N–H and O–H groups in total. The molecule has 1 heterocycles. The molecule has 1 unspecified atom stereocenters. The molecule has 0 spiro atoms. The van der Waals surface area contributed by atoms with E-state index in [1.165, 1.54) is 18.2 Å². The van der Waals surface area contributed by atoms with Gasteiger partial charge in [0.1, 0.15) is 5.75 Å². The number of thiazole rings is 1. The highest BCUT2D eigenvalue weighted by atomic mass is 35.5. The highest BCUT2D eigenvalue weighted by Gasteiger charge is 2.31. The van der Waals surface area contributed by atoms with E-state index < -0.39 is 6.36 Å². The zero-order valence-corrected chi connectivity index (χ0v) is 13.6. The molecule has 1 atom stereocenters. The molecule has 0 bridgehead atoms. The van der Waals surface area contributed by atoms with Crippen molar-refractivity contribution in [3.63, 3.8) is 0 Å². The van der Waals surface area contributed by atoms with Crippen molar-refractivity contribution in [3.8, 4) is 5.75 Å². The molecule has 0 radical (unpaired) electrons. The predicted molar refractivity (Wildman–Crippen MR) is 85.1 cm³/mol. The van der Waals surface area contributed by atoms with E-state index in [2.05, 4.69) is 15.0 Å². The Labute approximate surface area is 140 Å². The Kier molecular flexibility index (Phi) is 6.60. The van der Waals surface area contributed by atoms with Gasteiger partial charge >= 0.3 is 6.36 Å². The first kappa shape index (κ1) is 19.5. The molecule has 0 saturated heterocycles. The summed E-state index contributed by atoms with van der Waals surface area (Å²) in [5.74, 6) is -0.554. The molecule has 0 saturated carbocycles. The topological polar surface area (TPSA) is 77.2 Å². The second-order valence-corrected chi connectivity index (χ2v) is 5.79. The van der Waals surface area contributed by atoms with Gasteiger partial charge < -0.3 is 15.8 Å². The molecule has 10 heteroatoms. The van der Waals surface area contributed by atoms with Crippen LogP contribution in [0.5, 0.6) is 5.75 Å². The Hall–Kier alpha value is -1.58. The SMILES string of the molecule is CC(N)CCC(=O)Nc1nc2ccc(OC(F)(F)F)cc2s1.Cl. The van der Waals surface area contributed by atoms with Gasteiger partial charge in [0.15, 0.2) is 5.13 Å². The molecule has 0 aliphatic carbocycles. The van der Waals surface area contributed by atoms with E-state index in [1.807, 2.05) is 0 Å². The number of anilines is 1. The van der Waals surface area contributed by atoms with Crippen LogP contribution < -0.4 is 15.8 Å². The van der Waals surface area contributed by atoms with Gasteiger partial charge in [0.25, 0.3) is 0 Å². The van der Waals surface area contributed by atoms with Crippen molar-refractivity contribution in [2.24, 2.45) is 5.73 Å². The van der Waals surface area contributed by atoms with Gasteiger partial charge in [0.05, 0.1) is 10.2 Å². The van der Waals surface area contributed by atoms with Gasteiger partial charge in [-0.1, -0.05) is 11.3 Å². The third kappa shape index (κ3) is 6.20. The highest BCUT2D eigenvalue weighted by molar-refractivity contribution is 7.22. The molecule has 23 heavy (non-hydrogen) atoms. The number of halogens is 4. The molecular weight excluding hydrogens is 355 g/mol. The molecule has 1 aromatic heterocycles. The van der Waals surface area contributed by atoms with Crippen LogP contribution in [0.15, 0.2) is 18.2 Å². The molecule has 0 fully saturated rings. The fourth-order valence-electron chi connectivity index (χ4n) is 1.70. The smallest absolute Gasteiger partial charge is 0.406 e. The second-order valence-electron chi connectivity index (χ2n) is 4.76. The van der Waals surface area contributed by atoms with Crippen LogP contribution in [0.4, 0.5) is 18.3 Å². The first-order chi connectivity index (χ1) is 10.2. The zero-order valence-electron chi connectivity index (χ0n) is 12.0. The summed E-state index contributed by atoms with van der Waals surface area (Å²) in [7, 11) is 0. The van der Waals surface area contributed by atoms with E-state index in [1.54, 1.807) is 6.92 Å². The summed E-state index contributed by atoms with van der Waals surface area (Å²) in [5, 5.41) is 2.93. The minimum atomic E-state index is -4.74. The maximum Gasteiger partial charge on any atom is 0.573 e. The Morgan fingerprint density at radius 2 is 2.17 bits per heavy atom. The first-order valence-corrected chi connectivity index (χ1v) is 7.26. The molecule has 5 nitrogen and oxygen atoms in total. The van der Waals surface area contributed by atoms with Crippen LogP contribution in [-0.2, 0) is 4.79 Å². The number of hydrogen-bond acceptors (Lipinski definition) is 5. The number of nitrogens with one attached hydrogen (secondary N) is 1. The third-order valence-electron chi connectivity index (χ3n) is 2.67. The minimum Gasteiger partial charge on any atom is -0.406 e. The van der Waals surface area contributed by atoms with Crippen molar-refractivity contribution in [2.45, 2.75) is 32.2 Å². The van der Waals surface area contributed by atoms with Gasteiger partial charge in [0.2, 0.25) is 5.91 Å². The Morgan fingerprint density at radius 3 is 2.78 bits per heavy atom. The number of carbonyl (C=O) groups is 1. The lowest BCUT2D eigenvalue weighted by Crippen LogP contribution is -2.19. The van der Waals surface area contributed by atoms with E-state index in [4.69, 9.17) is 5.73 Å². The van der Waals surface area contributed by atoms with Crippen LogP contribution in [-0.4, -0.2) is 23.3 Å². The van der Waals surface area contributed by atoms with Gasteiger partial charge in [-0.25, -0.2) is 4.98 Å². The van der Waals surface area contributed by atoms with Gasteiger partial charge in [-0.3, -0.25) is 4.79 Å². The van der Waals surface area contributed by atoms with Crippen LogP contribution in [0, 0.1) is 0 Å². The lowest BCUT2D eigenvalue weighted by Gasteiger charge is -2.07.